The van der Waals surface area contributed by atoms with E-state index in [1.54, 1.807) is 4.68 Å². The molecule has 0 radical (unpaired) electrons. The van der Waals surface area contributed by atoms with E-state index in [0.29, 0.717) is 18.2 Å². The molecule has 1 aliphatic rings. The molecule has 1 aliphatic carbocycles. The van der Waals surface area contributed by atoms with Crippen LogP contribution in [0.5, 0.6) is 0 Å². The standard InChI is InChI=1S/C15H26ClN3O/c1-3-13-12(14(16)19(2)18-13)10-17-11-15(20)8-6-4-5-7-9-15/h17,20H,3-11H2,1-2H3. The zero-order valence-electron chi connectivity index (χ0n) is 12.6. The van der Waals surface area contributed by atoms with Gasteiger partial charge in [0.15, 0.2) is 0 Å². The van der Waals surface area contributed by atoms with Gasteiger partial charge >= 0.3 is 0 Å². The van der Waals surface area contributed by atoms with Crippen LogP contribution >= 0.6 is 11.6 Å². The van der Waals surface area contributed by atoms with E-state index in [1.165, 1.54) is 12.8 Å². The van der Waals surface area contributed by atoms with Gasteiger partial charge in [-0.25, -0.2) is 0 Å². The van der Waals surface area contributed by atoms with Crippen molar-refractivity contribution in [3.05, 3.63) is 16.4 Å². The first kappa shape index (κ1) is 15.8. The van der Waals surface area contributed by atoms with Gasteiger partial charge in [-0.3, -0.25) is 4.68 Å². The molecule has 1 fully saturated rings. The van der Waals surface area contributed by atoms with E-state index in [-0.39, 0.29) is 0 Å². The highest BCUT2D eigenvalue weighted by molar-refractivity contribution is 6.30. The second-order valence-electron chi connectivity index (χ2n) is 5.94. The zero-order chi connectivity index (χ0) is 14.6. The molecule has 0 aromatic carbocycles. The van der Waals surface area contributed by atoms with Crippen LogP contribution in [0, 0.1) is 0 Å². The van der Waals surface area contributed by atoms with Crippen molar-refractivity contribution in [3.63, 3.8) is 0 Å². The maximum Gasteiger partial charge on any atom is 0.131 e. The Morgan fingerprint density at radius 1 is 1.30 bits per heavy atom. The molecule has 1 aromatic rings. The number of aromatic nitrogens is 2. The van der Waals surface area contributed by atoms with E-state index in [9.17, 15) is 5.11 Å². The lowest BCUT2D eigenvalue weighted by atomic mass is 9.94. The first-order valence-electron chi connectivity index (χ1n) is 7.69. The fourth-order valence-corrected chi connectivity index (χ4v) is 3.26. The monoisotopic (exact) mass is 299 g/mol. The molecule has 0 spiro atoms. The van der Waals surface area contributed by atoms with Crippen molar-refractivity contribution >= 4 is 11.6 Å². The zero-order valence-corrected chi connectivity index (χ0v) is 13.3. The molecule has 2 N–H and O–H groups in total. The minimum absolute atomic E-state index is 0.544. The Balaban J connectivity index is 1.92. The van der Waals surface area contributed by atoms with Crippen molar-refractivity contribution in [2.24, 2.45) is 7.05 Å². The summed E-state index contributed by atoms with van der Waals surface area (Å²) in [5.74, 6) is 0. The molecule has 0 bridgehead atoms. The summed E-state index contributed by atoms with van der Waals surface area (Å²) >= 11 is 6.27. The lowest BCUT2D eigenvalue weighted by Gasteiger charge is -2.27. The molecule has 0 aliphatic heterocycles. The van der Waals surface area contributed by atoms with Crippen molar-refractivity contribution in [2.75, 3.05) is 6.54 Å². The second-order valence-corrected chi connectivity index (χ2v) is 6.29. The van der Waals surface area contributed by atoms with Gasteiger partial charge in [0.05, 0.1) is 11.3 Å². The second kappa shape index (κ2) is 6.92. The Labute approximate surface area is 126 Å². The maximum atomic E-state index is 10.6. The maximum absolute atomic E-state index is 10.6. The summed E-state index contributed by atoms with van der Waals surface area (Å²) in [6, 6.07) is 0. The predicted molar refractivity (Wildman–Crippen MR) is 82.0 cm³/mol. The van der Waals surface area contributed by atoms with Gasteiger partial charge in [-0.15, -0.1) is 0 Å². The van der Waals surface area contributed by atoms with Crippen LogP contribution in [0.25, 0.3) is 0 Å². The number of halogens is 1. The number of hydrogen-bond acceptors (Lipinski definition) is 3. The van der Waals surface area contributed by atoms with Crippen LogP contribution in [0.2, 0.25) is 5.15 Å². The van der Waals surface area contributed by atoms with Gasteiger partial charge in [-0.1, -0.05) is 44.2 Å². The number of nitrogens with one attached hydrogen (secondary N) is 1. The quantitative estimate of drug-likeness (QED) is 0.822. The third-order valence-electron chi connectivity index (χ3n) is 4.28. The van der Waals surface area contributed by atoms with E-state index in [4.69, 9.17) is 11.6 Å². The smallest absolute Gasteiger partial charge is 0.131 e. The third kappa shape index (κ3) is 3.74. The molecule has 2 rings (SSSR count). The summed E-state index contributed by atoms with van der Waals surface area (Å²) in [5, 5.41) is 19.1. The molecule has 1 heterocycles. The summed E-state index contributed by atoms with van der Waals surface area (Å²) in [7, 11) is 1.86. The third-order valence-corrected chi connectivity index (χ3v) is 4.75. The normalized spacial score (nSPS) is 19.0. The highest BCUT2D eigenvalue weighted by Crippen LogP contribution is 2.27. The molecular weight excluding hydrogens is 274 g/mol. The van der Waals surface area contributed by atoms with Gasteiger partial charge in [0, 0.05) is 25.7 Å². The molecule has 114 valence electrons. The topological polar surface area (TPSA) is 50.1 Å². The summed E-state index contributed by atoms with van der Waals surface area (Å²) in [4.78, 5) is 0. The molecule has 0 amide bonds. The highest BCUT2D eigenvalue weighted by atomic mass is 35.5. The van der Waals surface area contributed by atoms with Crippen molar-refractivity contribution in [1.29, 1.82) is 0 Å². The molecular formula is C15H26ClN3O. The largest absolute Gasteiger partial charge is 0.389 e. The molecule has 20 heavy (non-hydrogen) atoms. The lowest BCUT2D eigenvalue weighted by molar-refractivity contribution is 0.0250. The number of aryl methyl sites for hydroxylation is 2. The van der Waals surface area contributed by atoms with Gasteiger partial charge in [0.2, 0.25) is 0 Å². The fourth-order valence-electron chi connectivity index (χ4n) is 3.04. The molecule has 5 heteroatoms. The Morgan fingerprint density at radius 2 is 1.95 bits per heavy atom. The van der Waals surface area contributed by atoms with E-state index in [0.717, 1.165) is 43.4 Å². The average molecular weight is 300 g/mol. The van der Waals surface area contributed by atoms with E-state index >= 15 is 0 Å². The summed E-state index contributed by atoms with van der Waals surface area (Å²) < 4.78 is 1.72. The van der Waals surface area contributed by atoms with Gasteiger partial charge in [0.1, 0.15) is 5.15 Å². The molecule has 0 saturated heterocycles. The van der Waals surface area contributed by atoms with Crippen LogP contribution < -0.4 is 5.32 Å². The number of nitrogens with zero attached hydrogens (tertiary/aromatic N) is 2. The number of hydrogen-bond donors (Lipinski definition) is 2. The summed E-state index contributed by atoms with van der Waals surface area (Å²) in [6.07, 6.45) is 7.44. The van der Waals surface area contributed by atoms with Crippen molar-refractivity contribution in [2.45, 2.75) is 64.0 Å². The first-order valence-corrected chi connectivity index (χ1v) is 8.07. The molecule has 4 nitrogen and oxygen atoms in total. The van der Waals surface area contributed by atoms with Crippen LogP contribution in [-0.4, -0.2) is 27.0 Å². The van der Waals surface area contributed by atoms with Crippen LogP contribution in [0.15, 0.2) is 0 Å². The SMILES string of the molecule is CCc1nn(C)c(Cl)c1CNCC1(O)CCCCCC1. The summed E-state index contributed by atoms with van der Waals surface area (Å²) in [5.41, 5.74) is 1.56. The summed E-state index contributed by atoms with van der Waals surface area (Å²) in [6.45, 7) is 3.40. The van der Waals surface area contributed by atoms with Crippen LogP contribution in [0.3, 0.4) is 0 Å². The Morgan fingerprint density at radius 3 is 2.55 bits per heavy atom. The van der Waals surface area contributed by atoms with E-state index < -0.39 is 5.60 Å². The minimum atomic E-state index is -0.544. The molecule has 0 unspecified atom stereocenters. The van der Waals surface area contributed by atoms with Crippen molar-refractivity contribution in [1.82, 2.24) is 15.1 Å². The minimum Gasteiger partial charge on any atom is -0.389 e. The molecule has 0 atom stereocenters. The van der Waals surface area contributed by atoms with E-state index in [1.807, 2.05) is 7.05 Å². The van der Waals surface area contributed by atoms with Crippen LogP contribution in [-0.2, 0) is 20.0 Å². The van der Waals surface area contributed by atoms with E-state index in [2.05, 4.69) is 17.3 Å². The highest BCUT2D eigenvalue weighted by Gasteiger charge is 2.27. The van der Waals surface area contributed by atoms with Crippen LogP contribution in [0.1, 0.15) is 56.7 Å². The van der Waals surface area contributed by atoms with Crippen LogP contribution in [0.4, 0.5) is 0 Å². The van der Waals surface area contributed by atoms with Crippen molar-refractivity contribution < 1.29 is 5.11 Å². The average Bonchev–Trinajstić information content (AvgIpc) is 2.60. The Kier molecular flexibility index (Phi) is 5.47. The molecule has 1 saturated carbocycles. The predicted octanol–water partition coefficient (Wildman–Crippen LogP) is 2.81. The fraction of sp³-hybridized carbons (Fsp3) is 0.800. The van der Waals surface area contributed by atoms with Crippen molar-refractivity contribution in [3.8, 4) is 0 Å². The van der Waals surface area contributed by atoms with Gasteiger partial charge in [-0.05, 0) is 19.3 Å². The number of rotatable bonds is 5. The van der Waals surface area contributed by atoms with Gasteiger partial charge in [-0.2, -0.15) is 5.10 Å². The molecule has 1 aromatic heterocycles. The van der Waals surface area contributed by atoms with Gasteiger partial charge in [0.25, 0.3) is 0 Å². The Hall–Kier alpha value is -0.580. The lowest BCUT2D eigenvalue weighted by Crippen LogP contribution is -2.40. The Bertz CT molecular complexity index is 437. The number of aliphatic hydroxyl groups is 1. The van der Waals surface area contributed by atoms with Gasteiger partial charge < -0.3 is 10.4 Å². The first-order chi connectivity index (χ1) is 9.56.